The van der Waals surface area contributed by atoms with Crippen LogP contribution in [0, 0.1) is 11.8 Å². The SMILES string of the molecule is CC1CCN(c2ncc(NC(=O)CC3CCCC3)cn2)CC1. The summed E-state index contributed by atoms with van der Waals surface area (Å²) in [5.41, 5.74) is 0.706. The summed E-state index contributed by atoms with van der Waals surface area (Å²) in [6.45, 7) is 4.34. The second-order valence-electron chi connectivity index (χ2n) is 6.84. The van der Waals surface area contributed by atoms with E-state index in [1.54, 1.807) is 12.4 Å². The first-order valence-corrected chi connectivity index (χ1v) is 8.57. The van der Waals surface area contributed by atoms with Crippen molar-refractivity contribution in [2.45, 2.75) is 51.9 Å². The first-order valence-electron chi connectivity index (χ1n) is 8.57. The van der Waals surface area contributed by atoms with Crippen molar-refractivity contribution >= 4 is 17.5 Å². The molecule has 0 unspecified atom stereocenters. The zero-order valence-electron chi connectivity index (χ0n) is 13.4. The number of nitrogens with zero attached hydrogens (tertiary/aromatic N) is 3. The fraction of sp³-hybridized carbons (Fsp3) is 0.706. The summed E-state index contributed by atoms with van der Waals surface area (Å²) in [5, 5.41) is 2.92. The van der Waals surface area contributed by atoms with Crippen LogP contribution in [0.15, 0.2) is 12.4 Å². The number of rotatable bonds is 4. The number of piperidine rings is 1. The number of carbonyl (C=O) groups excluding carboxylic acids is 1. The minimum absolute atomic E-state index is 0.0926. The summed E-state index contributed by atoms with van der Waals surface area (Å²) in [6, 6.07) is 0. The molecule has 1 amide bonds. The molecule has 1 aliphatic heterocycles. The van der Waals surface area contributed by atoms with Crippen LogP contribution in [0.1, 0.15) is 51.9 Å². The first kappa shape index (κ1) is 15.3. The minimum atomic E-state index is 0.0926. The quantitative estimate of drug-likeness (QED) is 0.927. The Morgan fingerprint density at radius 3 is 2.45 bits per heavy atom. The molecule has 5 nitrogen and oxygen atoms in total. The van der Waals surface area contributed by atoms with Crippen molar-refractivity contribution in [1.82, 2.24) is 9.97 Å². The molecule has 120 valence electrons. The van der Waals surface area contributed by atoms with E-state index in [0.717, 1.165) is 25.0 Å². The molecule has 3 rings (SSSR count). The van der Waals surface area contributed by atoms with Gasteiger partial charge in [0.15, 0.2) is 0 Å². The van der Waals surface area contributed by atoms with Crippen molar-refractivity contribution in [3.05, 3.63) is 12.4 Å². The number of amides is 1. The van der Waals surface area contributed by atoms with Crippen LogP contribution in [0.4, 0.5) is 11.6 Å². The van der Waals surface area contributed by atoms with Crippen LogP contribution in [0.2, 0.25) is 0 Å². The van der Waals surface area contributed by atoms with Crippen molar-refractivity contribution in [1.29, 1.82) is 0 Å². The highest BCUT2D eigenvalue weighted by atomic mass is 16.1. The molecule has 1 saturated carbocycles. The highest BCUT2D eigenvalue weighted by Crippen LogP contribution is 2.27. The van der Waals surface area contributed by atoms with Crippen LogP contribution >= 0.6 is 0 Å². The molecular weight excluding hydrogens is 276 g/mol. The Labute approximate surface area is 132 Å². The molecule has 22 heavy (non-hydrogen) atoms. The Morgan fingerprint density at radius 1 is 1.18 bits per heavy atom. The van der Waals surface area contributed by atoms with Crippen molar-refractivity contribution < 1.29 is 4.79 Å². The average molecular weight is 302 g/mol. The number of aromatic nitrogens is 2. The molecule has 5 heteroatoms. The van der Waals surface area contributed by atoms with Crippen LogP contribution in [0.5, 0.6) is 0 Å². The Kier molecular flexibility index (Phi) is 4.90. The molecule has 2 heterocycles. The van der Waals surface area contributed by atoms with Crippen LogP contribution in [-0.2, 0) is 4.79 Å². The fourth-order valence-corrected chi connectivity index (χ4v) is 3.45. The van der Waals surface area contributed by atoms with E-state index in [1.165, 1.54) is 38.5 Å². The predicted octanol–water partition coefficient (Wildman–Crippen LogP) is 3.23. The molecule has 1 aliphatic carbocycles. The Bertz CT molecular complexity index is 488. The van der Waals surface area contributed by atoms with Gasteiger partial charge in [-0.05, 0) is 37.5 Å². The zero-order valence-corrected chi connectivity index (χ0v) is 13.4. The molecule has 1 N–H and O–H groups in total. The maximum absolute atomic E-state index is 12.0. The molecule has 0 radical (unpaired) electrons. The molecule has 0 spiro atoms. The summed E-state index contributed by atoms with van der Waals surface area (Å²) >= 11 is 0. The first-order chi connectivity index (χ1) is 10.7. The van der Waals surface area contributed by atoms with Crippen molar-refractivity contribution in [3.63, 3.8) is 0 Å². The fourth-order valence-electron chi connectivity index (χ4n) is 3.45. The van der Waals surface area contributed by atoms with Gasteiger partial charge < -0.3 is 10.2 Å². The lowest BCUT2D eigenvalue weighted by Crippen LogP contribution is -2.34. The third kappa shape index (κ3) is 3.96. The Balaban J connectivity index is 1.51. The summed E-state index contributed by atoms with van der Waals surface area (Å²) in [5.74, 6) is 2.23. The number of carbonyl (C=O) groups is 1. The average Bonchev–Trinajstić information content (AvgIpc) is 3.02. The topological polar surface area (TPSA) is 58.1 Å². The van der Waals surface area contributed by atoms with E-state index in [1.807, 2.05) is 0 Å². The summed E-state index contributed by atoms with van der Waals surface area (Å²) in [4.78, 5) is 23.1. The Morgan fingerprint density at radius 2 is 1.82 bits per heavy atom. The molecule has 0 bridgehead atoms. The van der Waals surface area contributed by atoms with Gasteiger partial charge in [-0.3, -0.25) is 4.79 Å². The maximum atomic E-state index is 12.0. The normalized spacial score (nSPS) is 20.3. The highest BCUT2D eigenvalue weighted by molar-refractivity contribution is 5.90. The second-order valence-corrected chi connectivity index (χ2v) is 6.84. The van der Waals surface area contributed by atoms with Gasteiger partial charge in [-0.15, -0.1) is 0 Å². The monoisotopic (exact) mass is 302 g/mol. The standard InChI is InChI=1S/C17H26N4O/c1-13-6-8-21(9-7-13)17-18-11-15(12-19-17)20-16(22)10-14-4-2-3-5-14/h11-14H,2-10H2,1H3,(H,20,22). The number of hydrogen-bond acceptors (Lipinski definition) is 4. The summed E-state index contributed by atoms with van der Waals surface area (Å²) in [6.07, 6.45) is 11.4. The van der Waals surface area contributed by atoms with Crippen molar-refractivity contribution in [2.24, 2.45) is 11.8 Å². The molecular formula is C17H26N4O. The van der Waals surface area contributed by atoms with Gasteiger partial charge in [-0.25, -0.2) is 9.97 Å². The maximum Gasteiger partial charge on any atom is 0.225 e. The van der Waals surface area contributed by atoms with E-state index in [-0.39, 0.29) is 5.91 Å². The predicted molar refractivity (Wildman–Crippen MR) is 87.8 cm³/mol. The van der Waals surface area contributed by atoms with Crippen LogP contribution < -0.4 is 10.2 Å². The van der Waals surface area contributed by atoms with E-state index in [4.69, 9.17) is 0 Å². The van der Waals surface area contributed by atoms with Gasteiger partial charge in [0.05, 0.1) is 18.1 Å². The zero-order chi connectivity index (χ0) is 15.4. The molecule has 0 aromatic carbocycles. The van der Waals surface area contributed by atoms with E-state index in [2.05, 4.69) is 27.1 Å². The summed E-state index contributed by atoms with van der Waals surface area (Å²) in [7, 11) is 0. The Hall–Kier alpha value is -1.65. The van der Waals surface area contributed by atoms with Crippen molar-refractivity contribution in [3.8, 4) is 0 Å². The third-order valence-corrected chi connectivity index (χ3v) is 4.94. The van der Waals surface area contributed by atoms with Crippen molar-refractivity contribution in [2.75, 3.05) is 23.3 Å². The number of nitrogens with one attached hydrogen (secondary N) is 1. The van der Waals surface area contributed by atoms with Gasteiger partial charge in [-0.2, -0.15) is 0 Å². The number of anilines is 2. The van der Waals surface area contributed by atoms with Crippen LogP contribution in [-0.4, -0.2) is 29.0 Å². The smallest absolute Gasteiger partial charge is 0.225 e. The third-order valence-electron chi connectivity index (χ3n) is 4.94. The second kappa shape index (κ2) is 7.07. The van der Waals surface area contributed by atoms with E-state index in [9.17, 15) is 4.79 Å². The highest BCUT2D eigenvalue weighted by Gasteiger charge is 2.19. The van der Waals surface area contributed by atoms with Crippen LogP contribution in [0.25, 0.3) is 0 Å². The van der Waals surface area contributed by atoms with Gasteiger partial charge >= 0.3 is 0 Å². The van der Waals surface area contributed by atoms with E-state index in [0.29, 0.717) is 18.0 Å². The van der Waals surface area contributed by atoms with Gasteiger partial charge in [0.25, 0.3) is 0 Å². The lowest BCUT2D eigenvalue weighted by molar-refractivity contribution is -0.117. The van der Waals surface area contributed by atoms with Gasteiger partial charge in [0, 0.05) is 19.5 Å². The van der Waals surface area contributed by atoms with Gasteiger partial charge in [0.2, 0.25) is 11.9 Å². The molecule has 2 fully saturated rings. The molecule has 2 aliphatic rings. The van der Waals surface area contributed by atoms with Gasteiger partial charge in [0.1, 0.15) is 0 Å². The van der Waals surface area contributed by atoms with Crippen LogP contribution in [0.3, 0.4) is 0 Å². The molecule has 1 aromatic heterocycles. The molecule has 1 aromatic rings. The minimum Gasteiger partial charge on any atom is -0.341 e. The lowest BCUT2D eigenvalue weighted by atomic mass is 10.00. The number of hydrogen-bond donors (Lipinski definition) is 1. The van der Waals surface area contributed by atoms with E-state index < -0.39 is 0 Å². The van der Waals surface area contributed by atoms with Gasteiger partial charge in [-0.1, -0.05) is 19.8 Å². The molecule has 0 atom stereocenters. The largest absolute Gasteiger partial charge is 0.341 e. The van der Waals surface area contributed by atoms with E-state index >= 15 is 0 Å². The lowest BCUT2D eigenvalue weighted by Gasteiger charge is -2.30. The summed E-state index contributed by atoms with van der Waals surface area (Å²) < 4.78 is 0. The molecule has 1 saturated heterocycles.